The summed E-state index contributed by atoms with van der Waals surface area (Å²) in [4.78, 5) is 16.5. The Hall–Kier alpha value is -3.38. The molecule has 4 heterocycles. The van der Waals surface area contributed by atoms with Crippen molar-refractivity contribution >= 4 is 11.6 Å². The summed E-state index contributed by atoms with van der Waals surface area (Å²) in [5.41, 5.74) is -0.768. The molecule has 12 heteroatoms. The van der Waals surface area contributed by atoms with Crippen LogP contribution >= 0.6 is 0 Å². The van der Waals surface area contributed by atoms with E-state index in [1.54, 1.807) is 18.5 Å². The number of anilines is 1. The maximum absolute atomic E-state index is 14.8. The average molecular weight is 588 g/mol. The van der Waals surface area contributed by atoms with Crippen molar-refractivity contribution < 1.29 is 31.5 Å². The quantitative estimate of drug-likeness (QED) is 0.375. The highest BCUT2D eigenvalue weighted by molar-refractivity contribution is 6.10. The zero-order chi connectivity index (χ0) is 29.5. The molecule has 3 aliphatic heterocycles. The third-order valence-electron chi connectivity index (χ3n) is 9.60. The van der Waals surface area contributed by atoms with Crippen LogP contribution in [0.1, 0.15) is 57.7 Å². The summed E-state index contributed by atoms with van der Waals surface area (Å²) in [6, 6.07) is 9.73. The van der Waals surface area contributed by atoms with Gasteiger partial charge in [0.05, 0.1) is 31.9 Å². The molecular weight excluding hydrogens is 557 g/mol. The number of halogens is 5. The summed E-state index contributed by atoms with van der Waals surface area (Å²) in [5, 5.41) is 8.14. The lowest BCUT2D eigenvalue weighted by Gasteiger charge is -2.42. The number of alkyl halides is 5. The summed E-state index contributed by atoms with van der Waals surface area (Å²) < 4.78 is 79.8. The maximum Gasteiger partial charge on any atom is 0.416 e. The molecule has 7 nitrogen and oxygen atoms in total. The Morgan fingerprint density at radius 3 is 2.48 bits per heavy atom. The Labute approximate surface area is 239 Å². The summed E-state index contributed by atoms with van der Waals surface area (Å²) >= 11 is 0. The van der Waals surface area contributed by atoms with Gasteiger partial charge in [0.2, 0.25) is 0 Å². The lowest BCUT2D eigenvalue weighted by atomic mass is 9.75. The highest BCUT2D eigenvalue weighted by Crippen LogP contribution is 2.61. The zero-order valence-corrected chi connectivity index (χ0v) is 23.1. The standard InChI is InChI=1S/C30H30F5N5O2/c1-38-18-36-37-25(38)12-27(16-42-17-27)20-3-2-4-21(11-20)40-14-23-22(26(40)41)9-19(10-24(23)30(33,34)35)13-39-8-7-28(5-6-28)29(31,32)15-39/h2-4,9-11,18H,5-8,12-17H2,1H3. The number of carbonyl (C=O) groups excluding carboxylic acids is 1. The Kier molecular flexibility index (Phi) is 6.08. The molecule has 1 aliphatic carbocycles. The van der Waals surface area contributed by atoms with Crippen molar-refractivity contribution in [3.05, 3.63) is 76.4 Å². The van der Waals surface area contributed by atoms with Crippen LogP contribution < -0.4 is 4.90 Å². The molecule has 0 unspecified atom stereocenters. The van der Waals surface area contributed by atoms with Crippen LogP contribution in [0, 0.1) is 5.41 Å². The normalized spacial score (nSPS) is 22.3. The number of hydrogen-bond acceptors (Lipinski definition) is 5. The molecule has 2 aromatic carbocycles. The Bertz CT molecular complexity index is 1560. The lowest BCUT2D eigenvalue weighted by Crippen LogP contribution is -2.49. The predicted octanol–water partition coefficient (Wildman–Crippen LogP) is 5.13. The van der Waals surface area contributed by atoms with Gasteiger partial charge >= 0.3 is 6.18 Å². The molecule has 222 valence electrons. The SMILES string of the molecule is Cn1cnnc1CC1(c2cccc(N3Cc4c(cc(CN5CCC6(CC6)C(F)(F)C5)cc4C(F)(F)F)C3=O)c2)COC1. The Morgan fingerprint density at radius 2 is 1.86 bits per heavy atom. The number of carbonyl (C=O) groups is 1. The summed E-state index contributed by atoms with van der Waals surface area (Å²) in [6.07, 6.45) is -1.23. The van der Waals surface area contributed by atoms with Crippen molar-refractivity contribution in [3.8, 4) is 0 Å². The minimum Gasteiger partial charge on any atom is -0.379 e. The van der Waals surface area contributed by atoms with Gasteiger partial charge in [-0.2, -0.15) is 13.2 Å². The van der Waals surface area contributed by atoms with E-state index in [1.165, 1.54) is 15.9 Å². The van der Waals surface area contributed by atoms with Gasteiger partial charge in [0.1, 0.15) is 12.2 Å². The van der Waals surface area contributed by atoms with Gasteiger partial charge in [-0.3, -0.25) is 9.69 Å². The van der Waals surface area contributed by atoms with E-state index in [-0.39, 0.29) is 29.8 Å². The van der Waals surface area contributed by atoms with E-state index >= 15 is 0 Å². The molecule has 42 heavy (non-hydrogen) atoms. The lowest BCUT2D eigenvalue weighted by molar-refractivity contribution is -0.138. The van der Waals surface area contributed by atoms with Gasteiger partial charge in [-0.1, -0.05) is 12.1 Å². The fourth-order valence-corrected chi connectivity index (χ4v) is 6.76. The van der Waals surface area contributed by atoms with Gasteiger partial charge in [0.15, 0.2) is 0 Å². The van der Waals surface area contributed by atoms with Crippen molar-refractivity contribution in [2.45, 2.75) is 56.3 Å². The zero-order valence-electron chi connectivity index (χ0n) is 23.1. The van der Waals surface area contributed by atoms with Gasteiger partial charge in [0, 0.05) is 42.1 Å². The van der Waals surface area contributed by atoms with Crippen molar-refractivity contribution in [2.75, 3.05) is 31.2 Å². The van der Waals surface area contributed by atoms with Crippen molar-refractivity contribution in [2.24, 2.45) is 12.5 Å². The highest BCUT2D eigenvalue weighted by atomic mass is 19.4. The number of benzene rings is 2. The first kappa shape index (κ1) is 27.5. The molecule has 1 aromatic heterocycles. The molecule has 1 amide bonds. The maximum atomic E-state index is 14.8. The van der Waals surface area contributed by atoms with Crippen LogP contribution in [0.25, 0.3) is 0 Å². The minimum atomic E-state index is -4.70. The van der Waals surface area contributed by atoms with E-state index in [9.17, 15) is 26.7 Å². The van der Waals surface area contributed by atoms with Gasteiger partial charge in [-0.15, -0.1) is 10.2 Å². The molecule has 0 bridgehead atoms. The van der Waals surface area contributed by atoms with Crippen molar-refractivity contribution in [1.29, 1.82) is 0 Å². The van der Waals surface area contributed by atoms with E-state index in [0.717, 1.165) is 17.5 Å². The van der Waals surface area contributed by atoms with Gasteiger partial charge < -0.3 is 14.2 Å². The number of hydrogen-bond donors (Lipinski definition) is 0. The second-order valence-corrected chi connectivity index (χ2v) is 12.4. The smallest absolute Gasteiger partial charge is 0.379 e. The molecule has 3 fully saturated rings. The van der Waals surface area contributed by atoms with E-state index < -0.39 is 40.9 Å². The van der Waals surface area contributed by atoms with E-state index in [4.69, 9.17) is 4.74 Å². The monoisotopic (exact) mass is 587 g/mol. The van der Waals surface area contributed by atoms with E-state index in [1.807, 2.05) is 23.7 Å². The first-order valence-electron chi connectivity index (χ1n) is 14.1. The van der Waals surface area contributed by atoms with Crippen molar-refractivity contribution in [1.82, 2.24) is 19.7 Å². The minimum absolute atomic E-state index is 0.0339. The fourth-order valence-electron chi connectivity index (χ4n) is 6.76. The van der Waals surface area contributed by atoms with Gasteiger partial charge in [-0.05, 0) is 66.8 Å². The van der Waals surface area contributed by atoms with Gasteiger partial charge in [-0.25, -0.2) is 8.78 Å². The number of piperidine rings is 1. The first-order valence-corrected chi connectivity index (χ1v) is 14.1. The Morgan fingerprint density at radius 1 is 1.07 bits per heavy atom. The van der Waals surface area contributed by atoms with Crippen LogP contribution in [0.5, 0.6) is 0 Å². The molecule has 0 atom stereocenters. The molecule has 4 aliphatic rings. The average Bonchev–Trinajstić information content (AvgIpc) is 3.50. The summed E-state index contributed by atoms with van der Waals surface area (Å²) in [6.45, 7) is 0.476. The van der Waals surface area contributed by atoms with Crippen molar-refractivity contribution in [3.63, 3.8) is 0 Å². The molecule has 1 saturated carbocycles. The van der Waals surface area contributed by atoms with Gasteiger partial charge in [0.25, 0.3) is 11.8 Å². The number of rotatable bonds is 6. The molecule has 3 aromatic rings. The van der Waals surface area contributed by atoms with Crippen LogP contribution in [-0.2, 0) is 42.9 Å². The third-order valence-corrected chi connectivity index (χ3v) is 9.60. The number of likely N-dealkylation sites (tertiary alicyclic amines) is 1. The molecular formula is C30H30F5N5O2. The van der Waals surface area contributed by atoms with E-state index in [0.29, 0.717) is 51.1 Å². The fraction of sp³-hybridized carbons (Fsp3) is 0.500. The molecule has 7 rings (SSSR count). The van der Waals surface area contributed by atoms with Crippen LogP contribution in [0.3, 0.4) is 0 Å². The molecule has 0 N–H and O–H groups in total. The first-order chi connectivity index (χ1) is 19.9. The Balaban J connectivity index is 1.17. The number of amides is 1. The van der Waals surface area contributed by atoms with Crippen LogP contribution in [0.15, 0.2) is 42.7 Å². The second kappa shape index (κ2) is 9.31. The number of aryl methyl sites for hydroxylation is 1. The van der Waals surface area contributed by atoms with Crippen LogP contribution in [0.4, 0.5) is 27.6 Å². The predicted molar refractivity (Wildman–Crippen MR) is 142 cm³/mol. The topological polar surface area (TPSA) is 63.5 Å². The highest BCUT2D eigenvalue weighted by Gasteiger charge is 2.63. The summed E-state index contributed by atoms with van der Waals surface area (Å²) in [5.74, 6) is -2.64. The largest absolute Gasteiger partial charge is 0.416 e. The third kappa shape index (κ3) is 4.41. The number of ether oxygens (including phenoxy) is 1. The van der Waals surface area contributed by atoms with Crippen LogP contribution in [0.2, 0.25) is 0 Å². The number of fused-ring (bicyclic) bond motifs is 1. The number of aromatic nitrogens is 3. The molecule has 2 saturated heterocycles. The van der Waals surface area contributed by atoms with Crippen LogP contribution in [-0.4, -0.2) is 57.8 Å². The molecule has 0 radical (unpaired) electrons. The second-order valence-electron chi connectivity index (χ2n) is 12.4. The van der Waals surface area contributed by atoms with E-state index in [2.05, 4.69) is 10.2 Å². The number of nitrogens with zero attached hydrogens (tertiary/aromatic N) is 5. The summed E-state index contributed by atoms with van der Waals surface area (Å²) in [7, 11) is 1.85. The molecule has 1 spiro atoms.